The zero-order chi connectivity index (χ0) is 15.0. The Bertz CT molecular complexity index is 742. The molecule has 1 aromatic heterocycles. The second-order valence-corrected chi connectivity index (χ2v) is 5.04. The maximum atomic E-state index is 9.66. The molecule has 0 spiro atoms. The molecule has 0 unspecified atom stereocenters. The smallest absolute Gasteiger partial charge is 0.423 e. The molecule has 0 amide bonds. The highest BCUT2D eigenvalue weighted by atomic mass is 16.5. The van der Waals surface area contributed by atoms with Gasteiger partial charge in [0.25, 0.3) is 0 Å². The summed E-state index contributed by atoms with van der Waals surface area (Å²) in [6.07, 6.45) is 0. The van der Waals surface area contributed by atoms with Crippen LogP contribution in [0.4, 0.5) is 11.5 Å². The van der Waals surface area contributed by atoms with Crippen molar-refractivity contribution in [1.82, 2.24) is 4.98 Å². The number of nitrogens with zero attached hydrogens (tertiary/aromatic N) is 3. The molecule has 1 N–H and O–H groups in total. The van der Waals surface area contributed by atoms with E-state index in [4.69, 9.17) is 4.65 Å². The minimum atomic E-state index is -0.842. The van der Waals surface area contributed by atoms with Gasteiger partial charge in [-0.2, -0.15) is 5.26 Å². The number of fused-ring (bicyclic) bond motifs is 1. The van der Waals surface area contributed by atoms with Crippen molar-refractivity contribution >= 4 is 24.1 Å². The van der Waals surface area contributed by atoms with Gasteiger partial charge in [0.1, 0.15) is 6.07 Å². The van der Waals surface area contributed by atoms with Crippen LogP contribution in [-0.4, -0.2) is 24.2 Å². The van der Waals surface area contributed by atoms with Crippen molar-refractivity contribution in [3.63, 3.8) is 0 Å². The summed E-state index contributed by atoms with van der Waals surface area (Å²) < 4.78 is 5.20. The van der Waals surface area contributed by atoms with Crippen molar-refractivity contribution < 1.29 is 9.68 Å². The monoisotopic (exact) mass is 279 g/mol. The Morgan fingerprint density at radius 2 is 2.19 bits per heavy atom. The van der Waals surface area contributed by atoms with E-state index in [0.717, 1.165) is 22.4 Å². The SMILES string of the molecule is Cc1ccc(C#N)c(N(C)c2ccc3c(c2)COB3O)n1. The molecule has 6 heteroatoms. The fourth-order valence-corrected chi connectivity index (χ4v) is 2.43. The Labute approximate surface area is 123 Å². The lowest BCUT2D eigenvalue weighted by atomic mass is 9.79. The van der Waals surface area contributed by atoms with E-state index in [-0.39, 0.29) is 0 Å². The standard InChI is InChI=1S/C15H14BN3O2/c1-10-3-4-11(8-17)15(18-10)19(2)13-5-6-14-12(7-13)9-21-16(14)20/h3-7,20H,9H2,1-2H3. The first-order chi connectivity index (χ1) is 10.1. The van der Waals surface area contributed by atoms with Gasteiger partial charge in [-0.25, -0.2) is 4.98 Å². The third-order valence-corrected chi connectivity index (χ3v) is 3.63. The average molecular weight is 279 g/mol. The van der Waals surface area contributed by atoms with Gasteiger partial charge in [-0.15, -0.1) is 0 Å². The van der Waals surface area contributed by atoms with E-state index in [1.54, 1.807) is 6.07 Å². The number of aryl methyl sites for hydroxylation is 1. The van der Waals surface area contributed by atoms with E-state index >= 15 is 0 Å². The number of benzene rings is 1. The first kappa shape index (κ1) is 13.6. The molecule has 1 aliphatic rings. The quantitative estimate of drug-likeness (QED) is 0.838. The summed E-state index contributed by atoms with van der Waals surface area (Å²) in [4.78, 5) is 6.32. The van der Waals surface area contributed by atoms with Gasteiger partial charge in [-0.1, -0.05) is 6.07 Å². The van der Waals surface area contributed by atoms with Gasteiger partial charge in [0, 0.05) is 18.4 Å². The van der Waals surface area contributed by atoms with Gasteiger partial charge in [-0.3, -0.25) is 0 Å². The molecular weight excluding hydrogens is 265 g/mol. The zero-order valence-corrected chi connectivity index (χ0v) is 11.9. The maximum absolute atomic E-state index is 9.66. The van der Waals surface area contributed by atoms with Crippen LogP contribution in [0.5, 0.6) is 0 Å². The van der Waals surface area contributed by atoms with E-state index in [0.29, 0.717) is 18.0 Å². The van der Waals surface area contributed by atoms with Crippen molar-refractivity contribution in [2.45, 2.75) is 13.5 Å². The van der Waals surface area contributed by atoms with E-state index in [1.807, 2.05) is 43.1 Å². The van der Waals surface area contributed by atoms with E-state index in [2.05, 4.69) is 11.1 Å². The van der Waals surface area contributed by atoms with Crippen molar-refractivity contribution in [3.8, 4) is 6.07 Å². The Kier molecular flexibility index (Phi) is 3.38. The number of rotatable bonds is 2. The lowest BCUT2D eigenvalue weighted by Crippen LogP contribution is -2.28. The maximum Gasteiger partial charge on any atom is 0.491 e. The van der Waals surface area contributed by atoms with Gasteiger partial charge < -0.3 is 14.6 Å². The van der Waals surface area contributed by atoms with Crippen LogP contribution in [0.15, 0.2) is 30.3 Å². The van der Waals surface area contributed by atoms with Gasteiger partial charge >= 0.3 is 7.12 Å². The summed E-state index contributed by atoms with van der Waals surface area (Å²) in [5.41, 5.74) is 4.04. The highest BCUT2D eigenvalue weighted by Crippen LogP contribution is 2.26. The third-order valence-electron chi connectivity index (χ3n) is 3.63. The lowest BCUT2D eigenvalue weighted by Gasteiger charge is -2.20. The minimum absolute atomic E-state index is 0.393. The Balaban J connectivity index is 2.02. The van der Waals surface area contributed by atoms with Gasteiger partial charge in [0.2, 0.25) is 0 Å². The van der Waals surface area contributed by atoms with Crippen LogP contribution in [-0.2, 0) is 11.3 Å². The molecule has 0 fully saturated rings. The highest BCUT2D eigenvalue weighted by molar-refractivity contribution is 6.61. The molecule has 1 aromatic carbocycles. The topological polar surface area (TPSA) is 69.4 Å². The van der Waals surface area contributed by atoms with E-state index in [1.165, 1.54) is 0 Å². The van der Waals surface area contributed by atoms with Crippen LogP contribution in [0.25, 0.3) is 0 Å². The summed E-state index contributed by atoms with van der Waals surface area (Å²) in [6.45, 7) is 2.29. The molecule has 5 nitrogen and oxygen atoms in total. The second kappa shape index (κ2) is 5.21. The van der Waals surface area contributed by atoms with Gasteiger partial charge in [-0.05, 0) is 42.2 Å². The third kappa shape index (κ3) is 2.37. The Hall–Kier alpha value is -2.36. The number of hydrogen-bond donors (Lipinski definition) is 1. The van der Waals surface area contributed by atoms with Gasteiger partial charge in [0.05, 0.1) is 12.2 Å². The first-order valence-electron chi connectivity index (χ1n) is 6.64. The summed E-state index contributed by atoms with van der Waals surface area (Å²) in [5.74, 6) is 0.622. The van der Waals surface area contributed by atoms with Crippen LogP contribution in [0.2, 0.25) is 0 Å². The van der Waals surface area contributed by atoms with Crippen LogP contribution >= 0.6 is 0 Å². The Morgan fingerprint density at radius 1 is 1.38 bits per heavy atom. The summed E-state index contributed by atoms with van der Waals surface area (Å²) >= 11 is 0. The summed E-state index contributed by atoms with van der Waals surface area (Å²) in [5, 5.41) is 18.9. The van der Waals surface area contributed by atoms with E-state index < -0.39 is 7.12 Å². The van der Waals surface area contributed by atoms with Crippen molar-refractivity contribution in [1.29, 1.82) is 5.26 Å². The number of hydrogen-bond acceptors (Lipinski definition) is 5. The first-order valence-corrected chi connectivity index (χ1v) is 6.64. The molecule has 21 heavy (non-hydrogen) atoms. The second-order valence-electron chi connectivity index (χ2n) is 5.04. The Morgan fingerprint density at radius 3 is 2.95 bits per heavy atom. The lowest BCUT2D eigenvalue weighted by molar-refractivity contribution is 0.275. The largest absolute Gasteiger partial charge is 0.491 e. The molecule has 0 bridgehead atoms. The van der Waals surface area contributed by atoms with Gasteiger partial charge in [0.15, 0.2) is 5.82 Å². The summed E-state index contributed by atoms with van der Waals surface area (Å²) in [6, 6.07) is 11.5. The van der Waals surface area contributed by atoms with Crippen LogP contribution in [0, 0.1) is 18.3 Å². The number of anilines is 2. The van der Waals surface area contributed by atoms with Crippen molar-refractivity contribution in [2.24, 2.45) is 0 Å². The van der Waals surface area contributed by atoms with E-state index in [9.17, 15) is 10.3 Å². The molecule has 3 rings (SSSR count). The minimum Gasteiger partial charge on any atom is -0.423 e. The number of aromatic nitrogens is 1. The molecular formula is C15H14BN3O2. The number of pyridine rings is 1. The number of nitriles is 1. The van der Waals surface area contributed by atoms with Crippen LogP contribution < -0.4 is 10.4 Å². The molecule has 1 aliphatic heterocycles. The van der Waals surface area contributed by atoms with Crippen molar-refractivity contribution in [2.75, 3.05) is 11.9 Å². The van der Waals surface area contributed by atoms with Crippen LogP contribution in [0.3, 0.4) is 0 Å². The molecule has 0 aliphatic carbocycles. The van der Waals surface area contributed by atoms with Crippen molar-refractivity contribution in [3.05, 3.63) is 47.2 Å². The summed E-state index contributed by atoms with van der Waals surface area (Å²) in [7, 11) is 1.03. The molecule has 0 saturated heterocycles. The molecule has 104 valence electrons. The predicted octanol–water partition coefficient (Wildman–Crippen LogP) is 1.25. The fraction of sp³-hybridized carbons (Fsp3) is 0.200. The molecule has 0 radical (unpaired) electrons. The highest BCUT2D eigenvalue weighted by Gasteiger charge is 2.27. The zero-order valence-electron chi connectivity index (χ0n) is 11.9. The molecule has 0 saturated carbocycles. The molecule has 2 aromatic rings. The fourth-order valence-electron chi connectivity index (χ4n) is 2.43. The van der Waals surface area contributed by atoms with Crippen LogP contribution in [0.1, 0.15) is 16.8 Å². The normalized spacial score (nSPS) is 13.0. The molecule has 2 heterocycles. The predicted molar refractivity (Wildman–Crippen MR) is 80.6 cm³/mol. The average Bonchev–Trinajstić information content (AvgIpc) is 2.87. The molecule has 0 atom stereocenters.